The third kappa shape index (κ3) is 5.88. The zero-order valence-corrected chi connectivity index (χ0v) is 25.0. The van der Waals surface area contributed by atoms with E-state index in [2.05, 4.69) is 12.2 Å². The number of piperidine rings is 1. The first-order chi connectivity index (χ1) is 19.8. The molecule has 1 aromatic rings. The number of piperazine rings is 1. The van der Waals surface area contributed by atoms with Gasteiger partial charge in [0.1, 0.15) is 0 Å². The highest BCUT2D eigenvalue weighted by atomic mass is 16.3. The van der Waals surface area contributed by atoms with E-state index in [0.717, 1.165) is 63.6 Å². The fourth-order valence-electron chi connectivity index (χ4n) is 8.56. The molecule has 8 heteroatoms. The summed E-state index contributed by atoms with van der Waals surface area (Å²) < 4.78 is 1.62. The van der Waals surface area contributed by atoms with Gasteiger partial charge in [0.15, 0.2) is 0 Å². The third-order valence-electron chi connectivity index (χ3n) is 11.2. The number of amides is 2. The molecule has 3 aliphatic carbocycles. The number of likely N-dealkylation sites (tertiary alicyclic amines) is 1. The van der Waals surface area contributed by atoms with Gasteiger partial charge in [0, 0.05) is 62.9 Å². The lowest BCUT2D eigenvalue weighted by Gasteiger charge is -2.53. The van der Waals surface area contributed by atoms with Gasteiger partial charge in [-0.25, -0.2) is 0 Å². The lowest BCUT2D eigenvalue weighted by atomic mass is 9.65. The summed E-state index contributed by atoms with van der Waals surface area (Å²) in [5.74, 6) is 1.19. The predicted octanol–water partition coefficient (Wildman–Crippen LogP) is 3.90. The highest BCUT2D eigenvalue weighted by molar-refractivity contribution is 5.95. The van der Waals surface area contributed by atoms with E-state index in [1.54, 1.807) is 16.8 Å². The van der Waals surface area contributed by atoms with E-state index >= 15 is 0 Å². The Kier molecular flexibility index (Phi) is 8.34. The van der Waals surface area contributed by atoms with Gasteiger partial charge in [-0.15, -0.1) is 0 Å². The molecule has 0 radical (unpaired) electrons. The number of aromatic nitrogens is 1. The zero-order chi connectivity index (χ0) is 28.6. The molecule has 2 aliphatic heterocycles. The summed E-state index contributed by atoms with van der Waals surface area (Å²) in [5.41, 5.74) is -0.132. The number of hydrogen-bond acceptors (Lipinski definition) is 5. The number of aliphatic hydroxyl groups is 1. The number of nitrogens with zero attached hydrogens (tertiary/aromatic N) is 3. The molecule has 0 bridgehead atoms. The Morgan fingerprint density at radius 2 is 1.68 bits per heavy atom. The van der Waals surface area contributed by atoms with Crippen LogP contribution in [0.4, 0.5) is 0 Å². The molecule has 0 aromatic carbocycles. The molecule has 2 atom stereocenters. The number of carbonyl (C=O) groups excluding carboxylic acids is 2. The quantitative estimate of drug-likeness (QED) is 0.522. The Balaban J connectivity index is 1.22. The minimum absolute atomic E-state index is 0.00270. The molecular weight excluding hydrogens is 516 g/mol. The van der Waals surface area contributed by atoms with Crippen LogP contribution in [0, 0.1) is 17.3 Å². The number of hydrogen-bond donors (Lipinski definition) is 2. The van der Waals surface area contributed by atoms with Crippen molar-refractivity contribution in [2.45, 2.75) is 108 Å². The molecule has 41 heavy (non-hydrogen) atoms. The fourth-order valence-corrected chi connectivity index (χ4v) is 8.56. The third-order valence-corrected chi connectivity index (χ3v) is 11.2. The lowest BCUT2D eigenvalue weighted by Crippen LogP contribution is -2.62. The predicted molar refractivity (Wildman–Crippen MR) is 159 cm³/mol. The van der Waals surface area contributed by atoms with E-state index in [9.17, 15) is 19.5 Å². The molecule has 5 fully saturated rings. The number of pyridine rings is 1. The van der Waals surface area contributed by atoms with Gasteiger partial charge in [-0.05, 0) is 55.9 Å². The van der Waals surface area contributed by atoms with Crippen molar-refractivity contribution < 1.29 is 14.7 Å². The lowest BCUT2D eigenvalue weighted by molar-refractivity contribution is -0.163. The number of nitrogens with one attached hydrogen (secondary N) is 1. The molecular formula is C33H50N4O4. The molecule has 3 saturated carbocycles. The van der Waals surface area contributed by atoms with Gasteiger partial charge in [0.25, 0.3) is 11.5 Å². The van der Waals surface area contributed by atoms with E-state index < -0.39 is 11.0 Å². The van der Waals surface area contributed by atoms with Crippen LogP contribution in [-0.4, -0.2) is 76.2 Å². The summed E-state index contributed by atoms with van der Waals surface area (Å²) in [6.45, 7) is 6.25. The van der Waals surface area contributed by atoms with Crippen molar-refractivity contribution in [1.29, 1.82) is 0 Å². The van der Waals surface area contributed by atoms with Crippen LogP contribution in [-0.2, 0) is 11.3 Å². The summed E-state index contributed by atoms with van der Waals surface area (Å²) in [4.78, 5) is 44.7. The molecule has 1 unspecified atom stereocenters. The van der Waals surface area contributed by atoms with Gasteiger partial charge < -0.3 is 24.8 Å². The van der Waals surface area contributed by atoms with Crippen molar-refractivity contribution in [3.8, 4) is 0 Å². The average Bonchev–Trinajstić information content (AvgIpc) is 3.73. The Bertz CT molecular complexity index is 1170. The molecule has 1 aromatic heterocycles. The van der Waals surface area contributed by atoms with Gasteiger partial charge in [0.2, 0.25) is 5.91 Å². The van der Waals surface area contributed by atoms with Crippen LogP contribution in [0.2, 0.25) is 0 Å². The second-order valence-corrected chi connectivity index (χ2v) is 14.1. The molecule has 8 nitrogen and oxygen atoms in total. The molecule has 5 aliphatic rings. The van der Waals surface area contributed by atoms with Crippen molar-refractivity contribution >= 4 is 11.8 Å². The van der Waals surface area contributed by atoms with Crippen LogP contribution in [0.5, 0.6) is 0 Å². The molecule has 1 spiro atoms. The molecule has 2 N–H and O–H groups in total. The molecule has 3 heterocycles. The second-order valence-electron chi connectivity index (χ2n) is 14.1. The average molecular weight is 567 g/mol. The van der Waals surface area contributed by atoms with Crippen molar-refractivity contribution in [2.75, 3.05) is 39.3 Å². The number of rotatable bonds is 7. The minimum Gasteiger partial charge on any atom is -0.387 e. The summed E-state index contributed by atoms with van der Waals surface area (Å²) in [6, 6.07) is 1.67. The van der Waals surface area contributed by atoms with Gasteiger partial charge >= 0.3 is 0 Å². The van der Waals surface area contributed by atoms with E-state index in [0.29, 0.717) is 44.1 Å². The van der Waals surface area contributed by atoms with Crippen molar-refractivity contribution in [3.63, 3.8) is 0 Å². The SMILES string of the molecule is CC(CC1CCCCC1)C(=O)N1CC[C@@](O)(Cn2cc(C(=O)N3CCNCC3)c(C3CC3)cc2=O)C2(CCCC2)C1. The maximum Gasteiger partial charge on any atom is 0.255 e. The topological polar surface area (TPSA) is 94.9 Å². The Labute approximate surface area is 244 Å². The maximum absolute atomic E-state index is 13.7. The monoisotopic (exact) mass is 566 g/mol. The Hall–Kier alpha value is -2.19. The summed E-state index contributed by atoms with van der Waals surface area (Å²) >= 11 is 0. The highest BCUT2D eigenvalue weighted by Crippen LogP contribution is 2.52. The standard InChI is InChI=1S/C33H50N4O4/c1-24(19-25-7-3-2-4-8-25)30(39)36-16-13-33(41,32(22-36)11-5-6-12-32)23-37-21-28(27(20-29(37)38)26-9-10-26)31(40)35-17-14-34-15-18-35/h20-21,24-26,34,41H,2-19,22-23H2,1H3/t24?,33-/m1/s1. The van der Waals surface area contributed by atoms with Crippen LogP contribution < -0.4 is 10.9 Å². The van der Waals surface area contributed by atoms with Crippen LogP contribution in [0.3, 0.4) is 0 Å². The van der Waals surface area contributed by atoms with Crippen molar-refractivity contribution in [2.24, 2.45) is 17.3 Å². The van der Waals surface area contributed by atoms with Crippen LogP contribution >= 0.6 is 0 Å². The molecule has 226 valence electrons. The fraction of sp³-hybridized carbons (Fsp3) is 0.788. The van der Waals surface area contributed by atoms with Gasteiger partial charge in [0.05, 0.1) is 17.7 Å². The van der Waals surface area contributed by atoms with Gasteiger partial charge in [-0.3, -0.25) is 14.4 Å². The van der Waals surface area contributed by atoms with Crippen LogP contribution in [0.1, 0.15) is 112 Å². The van der Waals surface area contributed by atoms with E-state index in [4.69, 9.17) is 0 Å². The molecule has 2 amide bonds. The zero-order valence-electron chi connectivity index (χ0n) is 25.0. The first-order valence-corrected chi connectivity index (χ1v) is 16.5. The molecule has 2 saturated heterocycles. The van der Waals surface area contributed by atoms with Gasteiger partial charge in [-0.1, -0.05) is 51.9 Å². The first kappa shape index (κ1) is 28.9. The smallest absolute Gasteiger partial charge is 0.255 e. The largest absolute Gasteiger partial charge is 0.387 e. The Morgan fingerprint density at radius 3 is 2.37 bits per heavy atom. The summed E-state index contributed by atoms with van der Waals surface area (Å²) in [6.07, 6.45) is 15.4. The van der Waals surface area contributed by atoms with E-state index in [1.165, 1.54) is 32.1 Å². The normalized spacial score (nSPS) is 27.8. The summed E-state index contributed by atoms with van der Waals surface area (Å²) in [5, 5.41) is 15.7. The second kappa shape index (κ2) is 11.8. The highest BCUT2D eigenvalue weighted by Gasteiger charge is 2.56. The van der Waals surface area contributed by atoms with Crippen LogP contribution in [0.15, 0.2) is 17.1 Å². The van der Waals surface area contributed by atoms with E-state index in [1.807, 2.05) is 9.80 Å². The first-order valence-electron chi connectivity index (χ1n) is 16.5. The number of carbonyl (C=O) groups is 2. The Morgan fingerprint density at radius 1 is 0.976 bits per heavy atom. The maximum atomic E-state index is 13.7. The van der Waals surface area contributed by atoms with E-state index in [-0.39, 0.29) is 35.8 Å². The summed E-state index contributed by atoms with van der Waals surface area (Å²) in [7, 11) is 0. The van der Waals surface area contributed by atoms with Crippen LogP contribution in [0.25, 0.3) is 0 Å². The minimum atomic E-state index is -1.09. The van der Waals surface area contributed by atoms with Gasteiger partial charge in [-0.2, -0.15) is 0 Å². The van der Waals surface area contributed by atoms with Crippen molar-refractivity contribution in [1.82, 2.24) is 19.7 Å². The van der Waals surface area contributed by atoms with Crippen molar-refractivity contribution in [3.05, 3.63) is 33.7 Å². The molecule has 6 rings (SSSR count).